The second-order valence-electron chi connectivity index (χ2n) is 3.60. The van der Waals surface area contributed by atoms with E-state index in [0.29, 0.717) is 29.4 Å². The molecule has 0 spiro atoms. The minimum absolute atomic E-state index is 0.168. The fourth-order valence-corrected chi connectivity index (χ4v) is 1.70. The lowest BCUT2D eigenvalue weighted by molar-refractivity contribution is 0.0939. The van der Waals surface area contributed by atoms with E-state index in [-0.39, 0.29) is 5.78 Å². The van der Waals surface area contributed by atoms with E-state index < -0.39 is 0 Å². The molecule has 17 heavy (non-hydrogen) atoms. The van der Waals surface area contributed by atoms with Gasteiger partial charge in [0.15, 0.2) is 5.76 Å². The standard InChI is InChI=1S/C13H14O4/c1-15-9-5-6-11(16-2)10(8-9)13(14)12-4-3-7-17-12/h4-6,8H,3,7H2,1-2H3. The molecule has 0 bridgehead atoms. The van der Waals surface area contributed by atoms with Crippen LogP contribution >= 0.6 is 0 Å². The van der Waals surface area contributed by atoms with Crippen molar-refractivity contribution in [1.82, 2.24) is 0 Å². The van der Waals surface area contributed by atoms with Gasteiger partial charge in [-0.1, -0.05) is 0 Å². The van der Waals surface area contributed by atoms with Crippen molar-refractivity contribution in [2.24, 2.45) is 0 Å². The predicted octanol–water partition coefficient (Wildman–Crippen LogP) is 2.19. The molecule has 0 atom stereocenters. The van der Waals surface area contributed by atoms with Crippen LogP contribution in [0.1, 0.15) is 16.8 Å². The van der Waals surface area contributed by atoms with Crippen LogP contribution < -0.4 is 9.47 Å². The summed E-state index contributed by atoms with van der Waals surface area (Å²) in [6.45, 7) is 0.563. The number of carbonyl (C=O) groups excluding carboxylic acids is 1. The summed E-state index contributed by atoms with van der Waals surface area (Å²) in [7, 11) is 3.09. The van der Waals surface area contributed by atoms with E-state index in [4.69, 9.17) is 14.2 Å². The predicted molar refractivity (Wildman–Crippen MR) is 62.5 cm³/mol. The van der Waals surface area contributed by atoms with Crippen molar-refractivity contribution >= 4 is 5.78 Å². The number of rotatable bonds is 4. The van der Waals surface area contributed by atoms with Gasteiger partial charge >= 0.3 is 0 Å². The first kappa shape index (κ1) is 11.5. The van der Waals surface area contributed by atoms with Crippen molar-refractivity contribution in [3.63, 3.8) is 0 Å². The van der Waals surface area contributed by atoms with Gasteiger partial charge in [-0.3, -0.25) is 4.79 Å². The van der Waals surface area contributed by atoms with Gasteiger partial charge in [-0.2, -0.15) is 0 Å². The highest BCUT2D eigenvalue weighted by atomic mass is 16.5. The molecule has 0 aromatic heterocycles. The van der Waals surface area contributed by atoms with Crippen LogP contribution in [-0.4, -0.2) is 26.6 Å². The Bertz CT molecular complexity index is 462. The first-order valence-corrected chi connectivity index (χ1v) is 5.36. The number of benzene rings is 1. The maximum absolute atomic E-state index is 12.2. The molecule has 90 valence electrons. The maximum atomic E-state index is 12.2. The molecular formula is C13H14O4. The van der Waals surface area contributed by atoms with Gasteiger partial charge in [0, 0.05) is 6.42 Å². The molecule has 1 aromatic rings. The number of hydrogen-bond donors (Lipinski definition) is 0. The Morgan fingerprint density at radius 3 is 2.71 bits per heavy atom. The molecule has 0 radical (unpaired) electrons. The number of methoxy groups -OCH3 is 2. The molecule has 0 N–H and O–H groups in total. The molecule has 1 aliphatic heterocycles. The van der Waals surface area contributed by atoms with Crippen molar-refractivity contribution in [2.75, 3.05) is 20.8 Å². The average Bonchev–Trinajstić information content (AvgIpc) is 2.91. The van der Waals surface area contributed by atoms with E-state index in [1.54, 1.807) is 31.4 Å². The molecule has 1 heterocycles. The molecule has 0 aliphatic carbocycles. The van der Waals surface area contributed by atoms with Crippen LogP contribution in [0.15, 0.2) is 30.0 Å². The van der Waals surface area contributed by atoms with E-state index in [0.717, 1.165) is 6.42 Å². The second kappa shape index (κ2) is 4.91. The lowest BCUT2D eigenvalue weighted by Crippen LogP contribution is -2.06. The third kappa shape index (κ3) is 2.25. The van der Waals surface area contributed by atoms with Gasteiger partial charge in [-0.25, -0.2) is 0 Å². The van der Waals surface area contributed by atoms with Crippen molar-refractivity contribution in [3.8, 4) is 11.5 Å². The van der Waals surface area contributed by atoms with Gasteiger partial charge in [0.25, 0.3) is 0 Å². The van der Waals surface area contributed by atoms with Gasteiger partial charge < -0.3 is 14.2 Å². The van der Waals surface area contributed by atoms with E-state index >= 15 is 0 Å². The van der Waals surface area contributed by atoms with Crippen LogP contribution in [0.4, 0.5) is 0 Å². The third-order valence-corrected chi connectivity index (χ3v) is 2.58. The summed E-state index contributed by atoms with van der Waals surface area (Å²) in [5, 5.41) is 0. The Kier molecular flexibility index (Phi) is 3.32. The SMILES string of the molecule is COc1ccc(OC)c(C(=O)C2=CCCO2)c1. The molecule has 1 aromatic carbocycles. The zero-order valence-corrected chi connectivity index (χ0v) is 9.86. The molecule has 0 amide bonds. The summed E-state index contributed by atoms with van der Waals surface area (Å²) >= 11 is 0. The molecule has 0 saturated carbocycles. The summed E-state index contributed by atoms with van der Waals surface area (Å²) in [6.07, 6.45) is 2.56. The summed E-state index contributed by atoms with van der Waals surface area (Å²) in [4.78, 5) is 12.2. The number of allylic oxidation sites excluding steroid dienone is 1. The zero-order valence-electron chi connectivity index (χ0n) is 9.86. The molecular weight excluding hydrogens is 220 g/mol. The maximum Gasteiger partial charge on any atom is 0.231 e. The summed E-state index contributed by atoms with van der Waals surface area (Å²) < 4.78 is 15.5. The van der Waals surface area contributed by atoms with Gasteiger partial charge in [0.2, 0.25) is 5.78 Å². The fraction of sp³-hybridized carbons (Fsp3) is 0.308. The van der Waals surface area contributed by atoms with E-state index in [1.807, 2.05) is 0 Å². The summed E-state index contributed by atoms with van der Waals surface area (Å²) in [5.74, 6) is 1.36. The van der Waals surface area contributed by atoms with Gasteiger partial charge in [-0.15, -0.1) is 0 Å². The minimum Gasteiger partial charge on any atom is -0.497 e. The lowest BCUT2D eigenvalue weighted by atomic mass is 10.1. The van der Waals surface area contributed by atoms with Gasteiger partial charge in [0.1, 0.15) is 11.5 Å². The van der Waals surface area contributed by atoms with Gasteiger partial charge in [-0.05, 0) is 24.3 Å². The van der Waals surface area contributed by atoms with Crippen LogP contribution in [0.5, 0.6) is 11.5 Å². The Balaban J connectivity index is 2.38. The molecule has 2 rings (SSSR count). The Labute approximate surface area is 99.8 Å². The number of Topliss-reactive ketones (excluding diaryl/α,β-unsaturated/α-hetero) is 1. The monoisotopic (exact) mass is 234 g/mol. The first-order valence-electron chi connectivity index (χ1n) is 5.36. The Hall–Kier alpha value is -1.97. The largest absolute Gasteiger partial charge is 0.497 e. The minimum atomic E-state index is -0.168. The second-order valence-corrected chi connectivity index (χ2v) is 3.60. The van der Waals surface area contributed by atoms with Crippen molar-refractivity contribution in [1.29, 1.82) is 0 Å². The highest BCUT2D eigenvalue weighted by Crippen LogP contribution is 2.27. The quantitative estimate of drug-likeness (QED) is 0.749. The van der Waals surface area contributed by atoms with Crippen molar-refractivity contribution in [2.45, 2.75) is 6.42 Å². The molecule has 0 unspecified atom stereocenters. The highest BCUT2D eigenvalue weighted by Gasteiger charge is 2.21. The van der Waals surface area contributed by atoms with E-state index in [2.05, 4.69) is 0 Å². The molecule has 0 saturated heterocycles. The van der Waals surface area contributed by atoms with Crippen LogP contribution in [0.3, 0.4) is 0 Å². The van der Waals surface area contributed by atoms with Crippen LogP contribution in [0.2, 0.25) is 0 Å². The van der Waals surface area contributed by atoms with Crippen LogP contribution in [0.25, 0.3) is 0 Å². The van der Waals surface area contributed by atoms with Crippen molar-refractivity contribution in [3.05, 3.63) is 35.6 Å². The topological polar surface area (TPSA) is 44.8 Å². The average molecular weight is 234 g/mol. The molecule has 1 aliphatic rings. The Morgan fingerprint density at radius 1 is 1.29 bits per heavy atom. The normalized spacial score (nSPS) is 13.9. The van der Waals surface area contributed by atoms with E-state index in [9.17, 15) is 4.79 Å². The number of ketones is 1. The highest BCUT2D eigenvalue weighted by molar-refractivity contribution is 6.09. The van der Waals surface area contributed by atoms with Gasteiger partial charge in [0.05, 0.1) is 26.4 Å². The first-order chi connectivity index (χ1) is 8.26. The van der Waals surface area contributed by atoms with E-state index in [1.165, 1.54) is 7.11 Å². The van der Waals surface area contributed by atoms with Crippen molar-refractivity contribution < 1.29 is 19.0 Å². The smallest absolute Gasteiger partial charge is 0.231 e. The number of hydrogen-bond acceptors (Lipinski definition) is 4. The molecule has 4 heteroatoms. The molecule has 0 fully saturated rings. The summed E-state index contributed by atoms with van der Waals surface area (Å²) in [5.41, 5.74) is 0.458. The zero-order chi connectivity index (χ0) is 12.3. The summed E-state index contributed by atoms with van der Waals surface area (Å²) in [6, 6.07) is 5.12. The molecule has 4 nitrogen and oxygen atoms in total. The number of ether oxygens (including phenoxy) is 3. The lowest BCUT2D eigenvalue weighted by Gasteiger charge is -2.10. The number of carbonyl (C=O) groups is 1. The third-order valence-electron chi connectivity index (χ3n) is 2.58. The van der Waals surface area contributed by atoms with Crippen LogP contribution in [-0.2, 0) is 4.74 Å². The Morgan fingerprint density at radius 2 is 2.12 bits per heavy atom. The van der Waals surface area contributed by atoms with Crippen LogP contribution in [0, 0.1) is 0 Å². The fourth-order valence-electron chi connectivity index (χ4n) is 1.70.